The number of hydrogen-bond acceptors (Lipinski definition) is 7. The van der Waals surface area contributed by atoms with Crippen LogP contribution in [0.4, 0.5) is 4.39 Å². The summed E-state index contributed by atoms with van der Waals surface area (Å²) in [5, 5.41) is 10.7. The Kier molecular flexibility index (Phi) is 8.78. The van der Waals surface area contributed by atoms with Crippen LogP contribution in [0.15, 0.2) is 53.0 Å². The SMILES string of the molecule is COc1cc(C(=O)CCC(O)c2ccc(OC)c(-c3ccc(F)c(Br)c3)n2)ccc1OCC(N)=O. The lowest BCUT2D eigenvalue weighted by Gasteiger charge is -2.15. The Morgan fingerprint density at radius 1 is 1.06 bits per heavy atom. The first-order valence-corrected chi connectivity index (χ1v) is 11.3. The second-order valence-electron chi connectivity index (χ2n) is 7.51. The molecule has 3 N–H and O–H groups in total. The molecule has 0 fully saturated rings. The van der Waals surface area contributed by atoms with Crippen molar-refractivity contribution >= 4 is 27.6 Å². The van der Waals surface area contributed by atoms with E-state index < -0.39 is 17.8 Å². The van der Waals surface area contributed by atoms with Gasteiger partial charge in [0.15, 0.2) is 23.9 Å². The van der Waals surface area contributed by atoms with E-state index in [1.807, 2.05) is 0 Å². The molecule has 8 nitrogen and oxygen atoms in total. The molecule has 10 heteroatoms. The third kappa shape index (κ3) is 6.55. The fraction of sp³-hybridized carbons (Fsp3) is 0.240. The molecule has 0 saturated heterocycles. The highest BCUT2D eigenvalue weighted by atomic mass is 79.9. The zero-order valence-corrected chi connectivity index (χ0v) is 20.7. The summed E-state index contributed by atoms with van der Waals surface area (Å²) >= 11 is 3.16. The van der Waals surface area contributed by atoms with E-state index in [0.717, 1.165) is 0 Å². The molecule has 0 bridgehead atoms. The van der Waals surface area contributed by atoms with E-state index in [4.69, 9.17) is 19.9 Å². The number of amides is 1. The van der Waals surface area contributed by atoms with Crippen LogP contribution in [-0.2, 0) is 4.79 Å². The lowest BCUT2D eigenvalue weighted by atomic mass is 10.0. The van der Waals surface area contributed by atoms with Crippen molar-refractivity contribution in [3.8, 4) is 28.5 Å². The van der Waals surface area contributed by atoms with Crippen LogP contribution in [0.25, 0.3) is 11.3 Å². The van der Waals surface area contributed by atoms with Crippen LogP contribution < -0.4 is 19.9 Å². The van der Waals surface area contributed by atoms with Gasteiger partial charge in [-0.3, -0.25) is 9.59 Å². The standard InChI is InChI=1S/C25H24BrFN2O6/c1-33-22-10-6-18(29-25(22)15-3-5-17(27)16(26)11-15)20(31)8-7-19(30)14-4-9-21(23(12-14)34-2)35-13-24(28)32/h3-6,9-12,20,31H,7-8,13H2,1-2H3,(H2,28,32). The smallest absolute Gasteiger partial charge is 0.255 e. The Balaban J connectivity index is 1.73. The van der Waals surface area contributed by atoms with Gasteiger partial charge < -0.3 is 25.1 Å². The molecule has 35 heavy (non-hydrogen) atoms. The van der Waals surface area contributed by atoms with Gasteiger partial charge in [0.05, 0.1) is 30.5 Å². The van der Waals surface area contributed by atoms with Crippen molar-refractivity contribution in [2.24, 2.45) is 5.73 Å². The number of benzene rings is 2. The minimum absolute atomic E-state index is 0.0386. The zero-order valence-electron chi connectivity index (χ0n) is 19.1. The van der Waals surface area contributed by atoms with E-state index in [1.165, 1.54) is 32.4 Å². The molecule has 1 amide bonds. The molecule has 3 aromatic rings. The number of Topliss-reactive ketones (excluding diaryl/α,β-unsaturated/α-hetero) is 1. The van der Waals surface area contributed by atoms with Crippen molar-refractivity contribution in [1.82, 2.24) is 4.98 Å². The summed E-state index contributed by atoms with van der Waals surface area (Å²) in [5.41, 5.74) is 6.84. The molecule has 0 aliphatic rings. The maximum absolute atomic E-state index is 13.7. The van der Waals surface area contributed by atoms with Crippen molar-refractivity contribution in [3.05, 3.63) is 70.1 Å². The highest BCUT2D eigenvalue weighted by molar-refractivity contribution is 9.10. The number of nitrogens with zero attached hydrogens (tertiary/aromatic N) is 1. The molecule has 1 unspecified atom stereocenters. The molecule has 3 rings (SSSR count). The van der Waals surface area contributed by atoms with Crippen molar-refractivity contribution in [3.63, 3.8) is 0 Å². The van der Waals surface area contributed by atoms with Gasteiger partial charge in [-0.15, -0.1) is 0 Å². The van der Waals surface area contributed by atoms with E-state index in [0.29, 0.717) is 28.3 Å². The third-order valence-corrected chi connectivity index (χ3v) is 5.74. The molecular weight excluding hydrogens is 523 g/mol. The predicted molar refractivity (Wildman–Crippen MR) is 130 cm³/mol. The summed E-state index contributed by atoms with van der Waals surface area (Å²) in [6.45, 7) is -0.318. The molecular formula is C25H24BrFN2O6. The van der Waals surface area contributed by atoms with Crippen molar-refractivity contribution < 1.29 is 33.3 Å². The fourth-order valence-electron chi connectivity index (χ4n) is 3.33. The van der Waals surface area contributed by atoms with Gasteiger partial charge in [0.1, 0.15) is 17.3 Å². The fourth-order valence-corrected chi connectivity index (χ4v) is 3.71. The number of carbonyl (C=O) groups is 2. The molecule has 1 atom stereocenters. The van der Waals surface area contributed by atoms with Crippen LogP contribution >= 0.6 is 15.9 Å². The van der Waals surface area contributed by atoms with Gasteiger partial charge in [-0.05, 0) is 70.9 Å². The number of nitrogens with two attached hydrogens (primary N) is 1. The number of hydrogen-bond donors (Lipinski definition) is 2. The number of ether oxygens (including phenoxy) is 3. The maximum Gasteiger partial charge on any atom is 0.255 e. The number of primary amides is 1. The summed E-state index contributed by atoms with van der Waals surface area (Å²) in [6.07, 6.45) is -0.864. The summed E-state index contributed by atoms with van der Waals surface area (Å²) in [7, 11) is 2.91. The molecule has 0 spiro atoms. The van der Waals surface area contributed by atoms with Crippen LogP contribution in [0.5, 0.6) is 17.2 Å². The Labute approximate surface area is 210 Å². The summed E-state index contributed by atoms with van der Waals surface area (Å²) in [6, 6.07) is 12.3. The quantitative estimate of drug-likeness (QED) is 0.345. The van der Waals surface area contributed by atoms with E-state index >= 15 is 0 Å². The second-order valence-corrected chi connectivity index (χ2v) is 8.37. The summed E-state index contributed by atoms with van der Waals surface area (Å²) < 4.78 is 29.8. The van der Waals surface area contributed by atoms with Gasteiger partial charge in [0.2, 0.25) is 0 Å². The van der Waals surface area contributed by atoms with E-state index in [9.17, 15) is 19.1 Å². The van der Waals surface area contributed by atoms with Gasteiger partial charge in [-0.25, -0.2) is 9.37 Å². The van der Waals surface area contributed by atoms with Crippen LogP contribution in [-0.4, -0.2) is 42.6 Å². The highest BCUT2D eigenvalue weighted by Gasteiger charge is 2.18. The van der Waals surface area contributed by atoms with E-state index in [-0.39, 0.29) is 41.2 Å². The van der Waals surface area contributed by atoms with Crippen LogP contribution in [0.1, 0.15) is 35.0 Å². The first-order valence-electron chi connectivity index (χ1n) is 10.5. The Morgan fingerprint density at radius 3 is 2.43 bits per heavy atom. The number of halogens is 2. The summed E-state index contributed by atoms with van der Waals surface area (Å²) in [5.74, 6) is -0.244. The molecule has 0 aliphatic heterocycles. The van der Waals surface area contributed by atoms with Gasteiger partial charge in [0, 0.05) is 17.5 Å². The summed E-state index contributed by atoms with van der Waals surface area (Å²) in [4.78, 5) is 28.2. The van der Waals surface area contributed by atoms with Gasteiger partial charge >= 0.3 is 0 Å². The number of rotatable bonds is 11. The van der Waals surface area contributed by atoms with Gasteiger partial charge in [0.25, 0.3) is 5.91 Å². The highest BCUT2D eigenvalue weighted by Crippen LogP contribution is 2.33. The first-order chi connectivity index (χ1) is 16.7. The van der Waals surface area contributed by atoms with Crippen LogP contribution in [0, 0.1) is 5.82 Å². The first kappa shape index (κ1) is 26.1. The second kappa shape index (κ2) is 11.8. The molecule has 1 aromatic heterocycles. The van der Waals surface area contributed by atoms with Crippen molar-refractivity contribution in [1.29, 1.82) is 0 Å². The number of aliphatic hydroxyl groups excluding tert-OH is 1. The predicted octanol–water partition coefficient (Wildman–Crippen LogP) is 4.23. The number of aliphatic hydroxyl groups is 1. The zero-order chi connectivity index (χ0) is 25.5. The number of carbonyl (C=O) groups excluding carboxylic acids is 2. The number of ketones is 1. The minimum Gasteiger partial charge on any atom is -0.494 e. The lowest BCUT2D eigenvalue weighted by Crippen LogP contribution is -2.20. The van der Waals surface area contributed by atoms with Crippen molar-refractivity contribution in [2.45, 2.75) is 18.9 Å². The largest absolute Gasteiger partial charge is 0.494 e. The molecule has 0 radical (unpaired) electrons. The Bertz CT molecular complexity index is 1240. The average molecular weight is 547 g/mol. The Hall–Kier alpha value is -3.50. The topological polar surface area (TPSA) is 121 Å². The van der Waals surface area contributed by atoms with Crippen LogP contribution in [0.3, 0.4) is 0 Å². The lowest BCUT2D eigenvalue weighted by molar-refractivity contribution is -0.119. The normalized spacial score (nSPS) is 11.6. The molecule has 0 aliphatic carbocycles. The number of aromatic nitrogens is 1. The number of pyridine rings is 1. The van der Waals surface area contributed by atoms with E-state index in [1.54, 1.807) is 30.3 Å². The minimum atomic E-state index is -1.02. The molecule has 184 valence electrons. The molecule has 2 aromatic carbocycles. The monoisotopic (exact) mass is 546 g/mol. The Morgan fingerprint density at radius 2 is 1.77 bits per heavy atom. The van der Waals surface area contributed by atoms with E-state index in [2.05, 4.69) is 20.9 Å². The molecule has 1 heterocycles. The number of methoxy groups -OCH3 is 2. The molecule has 0 saturated carbocycles. The third-order valence-electron chi connectivity index (χ3n) is 5.13. The maximum atomic E-state index is 13.7. The van der Waals surface area contributed by atoms with Gasteiger partial charge in [-0.1, -0.05) is 0 Å². The van der Waals surface area contributed by atoms with Crippen molar-refractivity contribution in [2.75, 3.05) is 20.8 Å². The van der Waals surface area contributed by atoms with Gasteiger partial charge in [-0.2, -0.15) is 0 Å². The average Bonchev–Trinajstić information content (AvgIpc) is 2.86. The van der Waals surface area contributed by atoms with Crippen LogP contribution in [0.2, 0.25) is 0 Å².